The Kier molecular flexibility index (Phi) is 1.76. The summed E-state index contributed by atoms with van der Waals surface area (Å²) in [7, 11) is 0. The molecule has 0 aromatic carbocycles. The molecule has 0 bridgehead atoms. The summed E-state index contributed by atoms with van der Waals surface area (Å²) >= 11 is 0. The van der Waals surface area contributed by atoms with Crippen LogP contribution in [0, 0.1) is 16.7 Å². The van der Waals surface area contributed by atoms with Crippen LogP contribution in [0.4, 0.5) is 0 Å². The molecule has 2 heteroatoms. The lowest BCUT2D eigenvalue weighted by atomic mass is 9.68. The van der Waals surface area contributed by atoms with Gasteiger partial charge in [-0.15, -0.1) is 0 Å². The van der Waals surface area contributed by atoms with Crippen molar-refractivity contribution < 1.29 is 9.53 Å². The topological polar surface area (TPSA) is 26.3 Å². The van der Waals surface area contributed by atoms with Gasteiger partial charge in [0.2, 0.25) is 0 Å². The molecule has 0 radical (unpaired) electrons. The lowest BCUT2D eigenvalue weighted by Crippen LogP contribution is -2.35. The van der Waals surface area contributed by atoms with Gasteiger partial charge in [0.1, 0.15) is 5.60 Å². The van der Waals surface area contributed by atoms with Gasteiger partial charge >= 0.3 is 5.97 Å². The van der Waals surface area contributed by atoms with E-state index in [1.54, 1.807) is 0 Å². The smallest absolute Gasteiger partial charge is 0.309 e. The van der Waals surface area contributed by atoms with E-state index in [4.69, 9.17) is 4.74 Å². The highest BCUT2D eigenvalue weighted by molar-refractivity contribution is 5.74. The molecule has 2 fully saturated rings. The van der Waals surface area contributed by atoms with Gasteiger partial charge in [-0.2, -0.15) is 0 Å². The van der Waals surface area contributed by atoms with Crippen LogP contribution in [-0.4, -0.2) is 11.6 Å². The Morgan fingerprint density at radius 2 is 2.00 bits per heavy atom. The third kappa shape index (κ3) is 1.28. The molecule has 16 heavy (non-hydrogen) atoms. The van der Waals surface area contributed by atoms with Gasteiger partial charge in [-0.25, -0.2) is 0 Å². The van der Waals surface area contributed by atoms with E-state index in [0.29, 0.717) is 10.8 Å². The molecule has 0 N–H and O–H groups in total. The number of carbonyl (C=O) groups excluding carboxylic acids is 1. The standard InChI is InChI=1S/C14H20O2/c1-12(2,3)16-11(15)10-4-5-13-6-7-14(13,8-10)9-13/h6-7,10H,4-5,8-9H2,1-3H3. The Hall–Kier alpha value is -0.790. The van der Waals surface area contributed by atoms with Crippen LogP contribution in [0.5, 0.6) is 0 Å². The predicted octanol–water partition coefficient (Wildman–Crippen LogP) is 3.07. The minimum absolute atomic E-state index is 0.0164. The van der Waals surface area contributed by atoms with Crippen LogP contribution in [0.15, 0.2) is 12.2 Å². The number of allylic oxidation sites excluding steroid dienone is 2. The Morgan fingerprint density at radius 3 is 2.50 bits per heavy atom. The van der Waals surface area contributed by atoms with Crippen molar-refractivity contribution in [2.75, 3.05) is 0 Å². The van der Waals surface area contributed by atoms with Crippen LogP contribution in [0.2, 0.25) is 0 Å². The van der Waals surface area contributed by atoms with Crippen molar-refractivity contribution in [2.45, 2.75) is 52.1 Å². The lowest BCUT2D eigenvalue weighted by molar-refractivity contribution is -0.162. The first-order valence-corrected chi connectivity index (χ1v) is 6.29. The van der Waals surface area contributed by atoms with Crippen molar-refractivity contribution >= 4 is 5.97 Å². The van der Waals surface area contributed by atoms with Crippen LogP contribution < -0.4 is 0 Å². The fourth-order valence-electron chi connectivity index (χ4n) is 3.52. The SMILES string of the molecule is CC(C)(C)OC(=O)C1CCC23C=CC2(C1)C3. The summed E-state index contributed by atoms with van der Waals surface area (Å²) < 4.78 is 5.48. The second kappa shape index (κ2) is 2.72. The zero-order valence-corrected chi connectivity index (χ0v) is 10.4. The van der Waals surface area contributed by atoms with E-state index < -0.39 is 0 Å². The number of carbonyl (C=O) groups is 1. The van der Waals surface area contributed by atoms with E-state index in [0.717, 1.165) is 12.8 Å². The zero-order valence-electron chi connectivity index (χ0n) is 10.4. The van der Waals surface area contributed by atoms with Gasteiger partial charge < -0.3 is 4.74 Å². The Morgan fingerprint density at radius 1 is 1.31 bits per heavy atom. The summed E-state index contributed by atoms with van der Waals surface area (Å²) in [6.07, 6.45) is 9.20. The minimum Gasteiger partial charge on any atom is -0.460 e. The van der Waals surface area contributed by atoms with Crippen molar-refractivity contribution in [3.05, 3.63) is 12.2 Å². The maximum Gasteiger partial charge on any atom is 0.309 e. The fourth-order valence-corrected chi connectivity index (χ4v) is 3.52. The molecule has 0 heterocycles. The average molecular weight is 220 g/mol. The fraction of sp³-hybridized carbons (Fsp3) is 0.786. The third-order valence-electron chi connectivity index (χ3n) is 4.51. The van der Waals surface area contributed by atoms with Gasteiger partial charge in [-0.1, -0.05) is 12.2 Å². The van der Waals surface area contributed by atoms with E-state index in [1.165, 1.54) is 12.8 Å². The van der Waals surface area contributed by atoms with Crippen molar-refractivity contribution in [1.29, 1.82) is 0 Å². The summed E-state index contributed by atoms with van der Waals surface area (Å²) in [6.45, 7) is 5.82. The molecule has 88 valence electrons. The zero-order chi connectivity index (χ0) is 11.6. The first-order chi connectivity index (χ1) is 7.36. The maximum absolute atomic E-state index is 12.0. The summed E-state index contributed by atoms with van der Waals surface area (Å²) in [5.41, 5.74) is 0.584. The molecule has 3 atom stereocenters. The van der Waals surface area contributed by atoms with Gasteiger partial charge in [-0.05, 0) is 57.3 Å². The van der Waals surface area contributed by atoms with E-state index in [-0.39, 0.29) is 17.5 Å². The molecule has 0 aromatic heterocycles. The maximum atomic E-state index is 12.0. The van der Waals surface area contributed by atoms with Crippen LogP contribution >= 0.6 is 0 Å². The molecule has 3 rings (SSSR count). The van der Waals surface area contributed by atoms with Gasteiger partial charge in [0.05, 0.1) is 5.92 Å². The molecule has 0 spiro atoms. The van der Waals surface area contributed by atoms with Crippen molar-refractivity contribution in [3.8, 4) is 0 Å². The third-order valence-corrected chi connectivity index (χ3v) is 4.51. The number of hydrogen-bond acceptors (Lipinski definition) is 2. The Labute approximate surface area is 97.1 Å². The number of esters is 1. The molecule has 2 nitrogen and oxygen atoms in total. The Bertz CT molecular complexity index is 377. The van der Waals surface area contributed by atoms with Gasteiger partial charge in [0.15, 0.2) is 0 Å². The molecule has 2 saturated carbocycles. The quantitative estimate of drug-likeness (QED) is 0.501. The second-order valence-electron chi connectivity index (χ2n) is 6.80. The lowest BCUT2D eigenvalue weighted by Gasteiger charge is -2.37. The van der Waals surface area contributed by atoms with Crippen molar-refractivity contribution in [2.24, 2.45) is 16.7 Å². The average Bonchev–Trinajstić information content (AvgIpc) is 2.66. The molecule has 0 saturated heterocycles. The van der Waals surface area contributed by atoms with Gasteiger partial charge in [0.25, 0.3) is 0 Å². The highest BCUT2D eigenvalue weighted by Gasteiger charge is 2.71. The molecule has 3 unspecified atom stereocenters. The summed E-state index contributed by atoms with van der Waals surface area (Å²) in [5.74, 6) is 0.155. The first kappa shape index (κ1) is 10.4. The summed E-state index contributed by atoms with van der Waals surface area (Å²) in [6, 6.07) is 0. The summed E-state index contributed by atoms with van der Waals surface area (Å²) in [5, 5.41) is 0. The van der Waals surface area contributed by atoms with Gasteiger partial charge in [0, 0.05) is 0 Å². The minimum atomic E-state index is -0.345. The highest BCUT2D eigenvalue weighted by atomic mass is 16.6. The van der Waals surface area contributed by atoms with Crippen LogP contribution in [-0.2, 0) is 9.53 Å². The highest BCUT2D eigenvalue weighted by Crippen LogP contribution is 2.79. The molecule has 0 aromatic rings. The normalized spacial score (nSPS) is 44.1. The molecular weight excluding hydrogens is 200 g/mol. The van der Waals surface area contributed by atoms with Crippen molar-refractivity contribution in [1.82, 2.24) is 0 Å². The van der Waals surface area contributed by atoms with E-state index in [1.807, 2.05) is 20.8 Å². The van der Waals surface area contributed by atoms with E-state index in [2.05, 4.69) is 12.2 Å². The molecule has 3 aliphatic carbocycles. The number of ether oxygens (including phenoxy) is 1. The number of hydrogen-bond donors (Lipinski definition) is 0. The van der Waals surface area contributed by atoms with E-state index >= 15 is 0 Å². The van der Waals surface area contributed by atoms with Crippen LogP contribution in [0.25, 0.3) is 0 Å². The summed E-state index contributed by atoms with van der Waals surface area (Å²) in [4.78, 5) is 12.0. The second-order valence-corrected chi connectivity index (χ2v) is 6.80. The van der Waals surface area contributed by atoms with E-state index in [9.17, 15) is 4.79 Å². The largest absolute Gasteiger partial charge is 0.460 e. The Balaban J connectivity index is 1.65. The molecule has 0 aliphatic heterocycles. The molecular formula is C14H20O2. The predicted molar refractivity (Wildman–Crippen MR) is 61.8 cm³/mol. The van der Waals surface area contributed by atoms with Gasteiger partial charge in [-0.3, -0.25) is 4.79 Å². The van der Waals surface area contributed by atoms with Crippen molar-refractivity contribution in [3.63, 3.8) is 0 Å². The molecule has 0 amide bonds. The monoisotopic (exact) mass is 220 g/mol. The number of rotatable bonds is 1. The molecule has 3 aliphatic rings. The van der Waals surface area contributed by atoms with Crippen LogP contribution in [0.3, 0.4) is 0 Å². The first-order valence-electron chi connectivity index (χ1n) is 6.29. The van der Waals surface area contributed by atoms with Crippen LogP contribution in [0.1, 0.15) is 46.5 Å².